The Morgan fingerprint density at radius 2 is 1.95 bits per heavy atom. The van der Waals surface area contributed by atoms with E-state index in [1.807, 2.05) is 0 Å². The summed E-state index contributed by atoms with van der Waals surface area (Å²) in [6, 6.07) is 4.38. The van der Waals surface area contributed by atoms with Gasteiger partial charge in [-0.3, -0.25) is 0 Å². The van der Waals surface area contributed by atoms with Gasteiger partial charge in [-0.15, -0.1) is 0 Å². The zero-order valence-corrected chi connectivity index (χ0v) is 12.9. The Bertz CT molecular complexity index is 422. The molecule has 2 rings (SSSR count). The third kappa shape index (κ3) is 3.97. The van der Waals surface area contributed by atoms with E-state index < -0.39 is 0 Å². The topological polar surface area (TPSA) is 41.5 Å². The molecule has 0 amide bonds. The predicted molar refractivity (Wildman–Crippen MR) is 82.1 cm³/mol. The molecular formula is C17H27NO2. The SMILES string of the molecule is COc1c(C)cc(CNCC2CCCC(O)C2)cc1C. The van der Waals surface area contributed by atoms with E-state index in [0.717, 1.165) is 38.1 Å². The number of hydrogen-bond donors (Lipinski definition) is 2. The van der Waals surface area contributed by atoms with Gasteiger partial charge >= 0.3 is 0 Å². The van der Waals surface area contributed by atoms with Crippen LogP contribution in [0.4, 0.5) is 0 Å². The van der Waals surface area contributed by atoms with Crippen LogP contribution in [0.5, 0.6) is 5.75 Å². The van der Waals surface area contributed by atoms with Crippen LogP contribution in [0.25, 0.3) is 0 Å². The zero-order chi connectivity index (χ0) is 14.5. The number of aliphatic hydroxyl groups is 1. The van der Waals surface area contributed by atoms with Crippen LogP contribution in [0, 0.1) is 19.8 Å². The molecule has 1 aliphatic carbocycles. The fourth-order valence-electron chi connectivity index (χ4n) is 3.33. The van der Waals surface area contributed by atoms with Crippen molar-refractivity contribution in [1.29, 1.82) is 0 Å². The molecule has 0 radical (unpaired) electrons. The normalized spacial score (nSPS) is 22.8. The molecule has 0 aromatic heterocycles. The maximum atomic E-state index is 9.68. The van der Waals surface area contributed by atoms with E-state index in [2.05, 4.69) is 31.3 Å². The molecule has 2 N–H and O–H groups in total. The van der Waals surface area contributed by atoms with Gasteiger partial charge in [-0.25, -0.2) is 0 Å². The number of rotatable bonds is 5. The Hall–Kier alpha value is -1.06. The first-order chi connectivity index (χ1) is 9.60. The van der Waals surface area contributed by atoms with Crippen molar-refractivity contribution in [2.75, 3.05) is 13.7 Å². The number of nitrogens with one attached hydrogen (secondary N) is 1. The van der Waals surface area contributed by atoms with Crippen molar-refractivity contribution in [3.8, 4) is 5.75 Å². The van der Waals surface area contributed by atoms with Crippen LogP contribution in [0.15, 0.2) is 12.1 Å². The number of ether oxygens (including phenoxy) is 1. The molecule has 112 valence electrons. The van der Waals surface area contributed by atoms with Gasteiger partial charge in [0.05, 0.1) is 13.2 Å². The van der Waals surface area contributed by atoms with Crippen LogP contribution in [0.3, 0.4) is 0 Å². The highest BCUT2D eigenvalue weighted by molar-refractivity contribution is 5.43. The van der Waals surface area contributed by atoms with Gasteiger partial charge in [-0.05, 0) is 62.3 Å². The highest BCUT2D eigenvalue weighted by Crippen LogP contribution is 2.25. The van der Waals surface area contributed by atoms with Gasteiger partial charge in [0.2, 0.25) is 0 Å². The highest BCUT2D eigenvalue weighted by atomic mass is 16.5. The lowest BCUT2D eigenvalue weighted by Crippen LogP contribution is -2.28. The van der Waals surface area contributed by atoms with Crippen LogP contribution in [-0.4, -0.2) is 24.9 Å². The number of aliphatic hydroxyl groups excluding tert-OH is 1. The van der Waals surface area contributed by atoms with Crippen LogP contribution < -0.4 is 10.1 Å². The molecule has 20 heavy (non-hydrogen) atoms. The lowest BCUT2D eigenvalue weighted by atomic mass is 9.87. The van der Waals surface area contributed by atoms with Gasteiger partial charge in [0, 0.05) is 6.54 Å². The lowest BCUT2D eigenvalue weighted by Gasteiger charge is -2.26. The monoisotopic (exact) mass is 277 g/mol. The summed E-state index contributed by atoms with van der Waals surface area (Å²) in [5, 5.41) is 13.2. The first kappa shape index (κ1) is 15.3. The first-order valence-electron chi connectivity index (χ1n) is 7.63. The van der Waals surface area contributed by atoms with Crippen molar-refractivity contribution in [1.82, 2.24) is 5.32 Å². The molecule has 0 aliphatic heterocycles. The van der Waals surface area contributed by atoms with E-state index in [4.69, 9.17) is 4.74 Å². The average molecular weight is 277 g/mol. The van der Waals surface area contributed by atoms with Crippen molar-refractivity contribution in [3.05, 3.63) is 28.8 Å². The number of methoxy groups -OCH3 is 1. The molecule has 0 saturated heterocycles. The van der Waals surface area contributed by atoms with Gasteiger partial charge in [-0.2, -0.15) is 0 Å². The fraction of sp³-hybridized carbons (Fsp3) is 0.647. The maximum absolute atomic E-state index is 9.68. The minimum atomic E-state index is -0.0824. The molecule has 0 bridgehead atoms. The molecule has 2 unspecified atom stereocenters. The van der Waals surface area contributed by atoms with Crippen LogP contribution in [0.1, 0.15) is 42.4 Å². The van der Waals surface area contributed by atoms with E-state index in [9.17, 15) is 5.11 Å². The standard InChI is InChI=1S/C17H27NO2/c1-12-7-15(8-13(2)17(12)20-3)11-18-10-14-5-4-6-16(19)9-14/h7-8,14,16,18-19H,4-6,9-11H2,1-3H3. The minimum Gasteiger partial charge on any atom is -0.496 e. The van der Waals surface area contributed by atoms with E-state index in [1.54, 1.807) is 7.11 Å². The second-order valence-electron chi connectivity index (χ2n) is 6.08. The predicted octanol–water partition coefficient (Wildman–Crippen LogP) is 2.95. The van der Waals surface area contributed by atoms with Crippen LogP contribution in [0.2, 0.25) is 0 Å². The Labute approximate surface area is 122 Å². The summed E-state index contributed by atoms with van der Waals surface area (Å²) in [5.74, 6) is 1.61. The summed E-state index contributed by atoms with van der Waals surface area (Å²) < 4.78 is 5.39. The number of hydrogen-bond acceptors (Lipinski definition) is 3. The van der Waals surface area contributed by atoms with Crippen molar-refractivity contribution in [2.24, 2.45) is 5.92 Å². The zero-order valence-electron chi connectivity index (χ0n) is 12.9. The second kappa shape index (κ2) is 7.09. The Morgan fingerprint density at radius 1 is 1.25 bits per heavy atom. The highest BCUT2D eigenvalue weighted by Gasteiger charge is 2.19. The molecule has 1 saturated carbocycles. The van der Waals surface area contributed by atoms with Gasteiger partial charge < -0.3 is 15.2 Å². The van der Waals surface area contributed by atoms with Gasteiger partial charge in [0.25, 0.3) is 0 Å². The summed E-state index contributed by atoms with van der Waals surface area (Å²) >= 11 is 0. The van der Waals surface area contributed by atoms with Crippen LogP contribution in [-0.2, 0) is 6.54 Å². The Kier molecular flexibility index (Phi) is 5.44. The first-order valence-corrected chi connectivity index (χ1v) is 7.63. The maximum Gasteiger partial charge on any atom is 0.124 e. The smallest absolute Gasteiger partial charge is 0.124 e. The summed E-state index contributed by atoms with van der Waals surface area (Å²) in [5.41, 5.74) is 3.69. The quantitative estimate of drug-likeness (QED) is 0.869. The van der Waals surface area contributed by atoms with Crippen molar-refractivity contribution < 1.29 is 9.84 Å². The average Bonchev–Trinajstić information content (AvgIpc) is 2.38. The van der Waals surface area contributed by atoms with E-state index >= 15 is 0 Å². The molecular weight excluding hydrogens is 250 g/mol. The van der Waals surface area contributed by atoms with Gasteiger partial charge in [-0.1, -0.05) is 18.6 Å². The van der Waals surface area contributed by atoms with Crippen molar-refractivity contribution in [3.63, 3.8) is 0 Å². The summed E-state index contributed by atoms with van der Waals surface area (Å²) in [6.07, 6.45) is 4.25. The van der Waals surface area contributed by atoms with Crippen molar-refractivity contribution >= 4 is 0 Å². The van der Waals surface area contributed by atoms with E-state index in [1.165, 1.54) is 23.1 Å². The molecule has 3 heteroatoms. The molecule has 2 atom stereocenters. The summed E-state index contributed by atoms with van der Waals surface area (Å²) in [6.45, 7) is 6.07. The molecule has 3 nitrogen and oxygen atoms in total. The van der Waals surface area contributed by atoms with Gasteiger partial charge in [0.1, 0.15) is 5.75 Å². The Balaban J connectivity index is 1.85. The number of benzene rings is 1. The lowest BCUT2D eigenvalue weighted by molar-refractivity contribution is 0.101. The molecule has 1 aromatic rings. The third-order valence-corrected chi connectivity index (χ3v) is 4.24. The summed E-state index contributed by atoms with van der Waals surface area (Å²) in [4.78, 5) is 0. The van der Waals surface area contributed by atoms with Crippen LogP contribution >= 0.6 is 0 Å². The second-order valence-corrected chi connectivity index (χ2v) is 6.08. The fourth-order valence-corrected chi connectivity index (χ4v) is 3.33. The minimum absolute atomic E-state index is 0.0824. The van der Waals surface area contributed by atoms with Crippen molar-refractivity contribution in [2.45, 2.75) is 52.2 Å². The van der Waals surface area contributed by atoms with Gasteiger partial charge in [0.15, 0.2) is 0 Å². The summed E-state index contributed by atoms with van der Waals surface area (Å²) in [7, 11) is 1.72. The van der Waals surface area contributed by atoms with E-state index in [-0.39, 0.29) is 6.10 Å². The molecule has 1 aliphatic rings. The molecule has 1 aromatic carbocycles. The van der Waals surface area contributed by atoms with E-state index in [0.29, 0.717) is 5.92 Å². The third-order valence-electron chi connectivity index (χ3n) is 4.24. The molecule has 0 heterocycles. The molecule has 0 spiro atoms. The molecule has 1 fully saturated rings. The Morgan fingerprint density at radius 3 is 2.55 bits per heavy atom. The largest absolute Gasteiger partial charge is 0.496 e. The number of aryl methyl sites for hydroxylation is 2.